The van der Waals surface area contributed by atoms with Crippen LogP contribution in [0.5, 0.6) is 0 Å². The van der Waals surface area contributed by atoms with Crippen molar-refractivity contribution < 1.29 is 5.11 Å². The Morgan fingerprint density at radius 2 is 2.33 bits per heavy atom. The molecule has 0 saturated heterocycles. The minimum atomic E-state index is -0.795. The number of hydrogen-bond donors (Lipinski definition) is 1. The Morgan fingerprint density at radius 3 is 2.87 bits per heavy atom. The molecule has 1 unspecified atom stereocenters. The molecule has 82 valence electrons. The quantitative estimate of drug-likeness (QED) is 0.819. The van der Waals surface area contributed by atoms with Gasteiger partial charge in [-0.2, -0.15) is 5.26 Å². The number of aryl methyl sites for hydroxylation is 1. The number of rotatable bonds is 4. The predicted octanol–water partition coefficient (Wildman–Crippen LogP) is 1.88. The topological polar surface area (TPSA) is 61.8 Å². The SMILES string of the molecule is CCCn1cncc1C(O)C(C)(C)C#N. The van der Waals surface area contributed by atoms with Crippen LogP contribution in [0.3, 0.4) is 0 Å². The Labute approximate surface area is 90.2 Å². The summed E-state index contributed by atoms with van der Waals surface area (Å²) >= 11 is 0. The van der Waals surface area contributed by atoms with Gasteiger partial charge in [0.1, 0.15) is 6.10 Å². The molecule has 1 N–H and O–H groups in total. The van der Waals surface area contributed by atoms with Crippen molar-refractivity contribution in [3.8, 4) is 6.07 Å². The molecule has 0 aromatic carbocycles. The summed E-state index contributed by atoms with van der Waals surface area (Å²) < 4.78 is 1.89. The summed E-state index contributed by atoms with van der Waals surface area (Å²) in [6, 6.07) is 2.11. The van der Waals surface area contributed by atoms with Crippen LogP contribution >= 0.6 is 0 Å². The molecule has 0 aliphatic heterocycles. The van der Waals surface area contributed by atoms with Crippen molar-refractivity contribution >= 4 is 0 Å². The molecule has 0 amide bonds. The van der Waals surface area contributed by atoms with Gasteiger partial charge in [-0.25, -0.2) is 4.98 Å². The molecule has 0 saturated carbocycles. The van der Waals surface area contributed by atoms with Crippen LogP contribution in [0.1, 0.15) is 39.0 Å². The fraction of sp³-hybridized carbons (Fsp3) is 0.636. The summed E-state index contributed by atoms with van der Waals surface area (Å²) in [5, 5.41) is 19.0. The molecule has 0 aliphatic rings. The van der Waals surface area contributed by atoms with Crippen LogP contribution in [0, 0.1) is 16.7 Å². The van der Waals surface area contributed by atoms with Crippen LogP contribution in [-0.4, -0.2) is 14.7 Å². The monoisotopic (exact) mass is 207 g/mol. The number of aliphatic hydroxyl groups excluding tert-OH is 1. The Hall–Kier alpha value is -1.34. The van der Waals surface area contributed by atoms with E-state index in [4.69, 9.17) is 5.26 Å². The van der Waals surface area contributed by atoms with Crippen molar-refractivity contribution in [2.75, 3.05) is 0 Å². The second-order valence-corrected chi connectivity index (χ2v) is 4.25. The van der Waals surface area contributed by atoms with E-state index in [0.29, 0.717) is 5.69 Å². The van der Waals surface area contributed by atoms with Crippen LogP contribution in [0.4, 0.5) is 0 Å². The van der Waals surface area contributed by atoms with E-state index in [1.165, 1.54) is 0 Å². The van der Waals surface area contributed by atoms with E-state index in [2.05, 4.69) is 18.0 Å². The average Bonchev–Trinajstić information content (AvgIpc) is 2.65. The molecule has 0 fully saturated rings. The standard InChI is InChI=1S/C11H17N3O/c1-4-5-14-8-13-6-9(14)10(15)11(2,3)7-12/h6,8,10,15H,4-5H2,1-3H3. The Balaban J connectivity index is 2.96. The first-order valence-electron chi connectivity index (χ1n) is 5.12. The minimum Gasteiger partial charge on any atom is -0.385 e. The van der Waals surface area contributed by atoms with Gasteiger partial charge >= 0.3 is 0 Å². The summed E-state index contributed by atoms with van der Waals surface area (Å²) in [6.45, 7) is 6.32. The number of aliphatic hydroxyl groups is 1. The Kier molecular flexibility index (Phi) is 3.48. The maximum atomic E-state index is 10.1. The second-order valence-electron chi connectivity index (χ2n) is 4.25. The third kappa shape index (κ3) is 2.37. The average molecular weight is 207 g/mol. The van der Waals surface area contributed by atoms with Crippen molar-refractivity contribution in [1.82, 2.24) is 9.55 Å². The van der Waals surface area contributed by atoms with Gasteiger partial charge in [0.15, 0.2) is 0 Å². The maximum absolute atomic E-state index is 10.1. The van der Waals surface area contributed by atoms with Crippen molar-refractivity contribution in [2.45, 2.75) is 39.8 Å². The lowest BCUT2D eigenvalue weighted by atomic mass is 9.86. The van der Waals surface area contributed by atoms with Crippen molar-refractivity contribution in [3.63, 3.8) is 0 Å². The summed E-state index contributed by atoms with van der Waals surface area (Å²) in [4.78, 5) is 4.00. The molecule has 1 aromatic heterocycles. The second kappa shape index (κ2) is 4.45. The van der Waals surface area contributed by atoms with E-state index in [0.717, 1.165) is 13.0 Å². The fourth-order valence-corrected chi connectivity index (χ4v) is 1.42. The van der Waals surface area contributed by atoms with Gasteiger partial charge in [-0.1, -0.05) is 6.92 Å². The van der Waals surface area contributed by atoms with E-state index >= 15 is 0 Å². The summed E-state index contributed by atoms with van der Waals surface area (Å²) in [6.07, 6.45) is 3.49. The van der Waals surface area contributed by atoms with Crippen molar-refractivity contribution in [3.05, 3.63) is 18.2 Å². The first-order chi connectivity index (χ1) is 7.03. The zero-order valence-corrected chi connectivity index (χ0v) is 9.44. The zero-order chi connectivity index (χ0) is 11.5. The van der Waals surface area contributed by atoms with Crippen molar-refractivity contribution in [1.29, 1.82) is 5.26 Å². The number of nitrogens with zero attached hydrogens (tertiary/aromatic N) is 3. The van der Waals surface area contributed by atoms with Crippen LogP contribution in [0.25, 0.3) is 0 Å². The van der Waals surface area contributed by atoms with Crippen molar-refractivity contribution in [2.24, 2.45) is 5.41 Å². The zero-order valence-electron chi connectivity index (χ0n) is 9.44. The highest BCUT2D eigenvalue weighted by atomic mass is 16.3. The molecule has 4 heteroatoms. The molecule has 1 heterocycles. The molecule has 0 spiro atoms. The normalized spacial score (nSPS) is 13.5. The summed E-state index contributed by atoms with van der Waals surface area (Å²) in [7, 11) is 0. The predicted molar refractivity (Wildman–Crippen MR) is 56.9 cm³/mol. The van der Waals surface area contributed by atoms with Crippen LogP contribution in [0.15, 0.2) is 12.5 Å². The van der Waals surface area contributed by atoms with E-state index in [9.17, 15) is 5.11 Å². The molecule has 1 rings (SSSR count). The van der Waals surface area contributed by atoms with Gasteiger partial charge in [0, 0.05) is 6.54 Å². The highest BCUT2D eigenvalue weighted by Crippen LogP contribution is 2.32. The third-order valence-corrected chi connectivity index (χ3v) is 2.46. The molecule has 1 atom stereocenters. The van der Waals surface area contributed by atoms with Crippen LogP contribution in [-0.2, 0) is 6.54 Å². The van der Waals surface area contributed by atoms with Gasteiger partial charge in [-0.3, -0.25) is 0 Å². The lowest BCUT2D eigenvalue weighted by molar-refractivity contribution is 0.0790. The highest BCUT2D eigenvalue weighted by molar-refractivity contribution is 5.12. The molecular weight excluding hydrogens is 190 g/mol. The van der Waals surface area contributed by atoms with Gasteiger partial charge < -0.3 is 9.67 Å². The minimum absolute atomic E-state index is 0.711. The number of imidazole rings is 1. The molecule has 0 aliphatic carbocycles. The smallest absolute Gasteiger partial charge is 0.114 e. The maximum Gasteiger partial charge on any atom is 0.114 e. The fourth-order valence-electron chi connectivity index (χ4n) is 1.42. The highest BCUT2D eigenvalue weighted by Gasteiger charge is 2.31. The van der Waals surface area contributed by atoms with E-state index in [1.54, 1.807) is 26.4 Å². The lowest BCUT2D eigenvalue weighted by Crippen LogP contribution is -2.22. The Bertz CT molecular complexity index is 362. The Morgan fingerprint density at radius 1 is 1.67 bits per heavy atom. The number of hydrogen-bond acceptors (Lipinski definition) is 3. The van der Waals surface area contributed by atoms with E-state index in [-0.39, 0.29) is 0 Å². The molecular formula is C11H17N3O. The van der Waals surface area contributed by atoms with E-state index in [1.807, 2.05) is 4.57 Å². The number of nitriles is 1. The van der Waals surface area contributed by atoms with Gasteiger partial charge in [0.25, 0.3) is 0 Å². The summed E-state index contributed by atoms with van der Waals surface area (Å²) in [5.41, 5.74) is -0.0747. The molecule has 0 radical (unpaired) electrons. The molecule has 15 heavy (non-hydrogen) atoms. The van der Waals surface area contributed by atoms with Gasteiger partial charge in [0.2, 0.25) is 0 Å². The van der Waals surface area contributed by atoms with E-state index < -0.39 is 11.5 Å². The van der Waals surface area contributed by atoms with Gasteiger partial charge in [0.05, 0.1) is 29.7 Å². The molecule has 1 aromatic rings. The lowest BCUT2D eigenvalue weighted by Gasteiger charge is -2.23. The largest absolute Gasteiger partial charge is 0.385 e. The number of aromatic nitrogens is 2. The first kappa shape index (κ1) is 11.7. The summed E-state index contributed by atoms with van der Waals surface area (Å²) in [5.74, 6) is 0. The molecule has 4 nitrogen and oxygen atoms in total. The van der Waals surface area contributed by atoms with Gasteiger partial charge in [-0.05, 0) is 20.3 Å². The van der Waals surface area contributed by atoms with Crippen LogP contribution in [0.2, 0.25) is 0 Å². The molecule has 0 bridgehead atoms. The van der Waals surface area contributed by atoms with Crippen LogP contribution < -0.4 is 0 Å². The van der Waals surface area contributed by atoms with Gasteiger partial charge in [-0.15, -0.1) is 0 Å². The third-order valence-electron chi connectivity index (χ3n) is 2.46. The first-order valence-corrected chi connectivity index (χ1v) is 5.12.